The van der Waals surface area contributed by atoms with Crippen LogP contribution in [-0.4, -0.2) is 4.98 Å². The summed E-state index contributed by atoms with van der Waals surface area (Å²) in [5.74, 6) is 0. The predicted molar refractivity (Wildman–Crippen MR) is 853 cm³/mol. The number of pyridine rings is 1. The molecule has 0 fully saturated rings. The Labute approximate surface area is 1030 Å². The maximum Gasteiger partial charge on any atom is 0.0704 e. The first kappa shape index (κ1) is 142. The third-order valence-electron chi connectivity index (χ3n) is 6.74. The highest BCUT2D eigenvalue weighted by molar-refractivity contribution is 9.10. The highest BCUT2D eigenvalue weighted by Crippen LogP contribution is 2.31. The summed E-state index contributed by atoms with van der Waals surface area (Å²) in [6, 6.07) is 21.2. The Balaban J connectivity index is 0.00000195. The van der Waals surface area contributed by atoms with Crippen molar-refractivity contribution < 1.29 is 0 Å². The summed E-state index contributed by atoms with van der Waals surface area (Å²) in [6.07, 6.45) is 1.90. The Morgan fingerprint density at radius 1 is 0.192 bits per heavy atom. The Hall–Kier alpha value is 20.5. The molecule has 1 aromatic heterocycles. The normalized spacial score (nSPS) is 8.54. The zero-order chi connectivity index (χ0) is 89.2. The van der Waals surface area contributed by atoms with Gasteiger partial charge >= 0.3 is 0 Å². The zero-order valence-electron chi connectivity index (χ0n) is 55.3. The summed E-state index contributed by atoms with van der Waals surface area (Å²) < 4.78 is 1.11. The molecule has 0 aliphatic rings. The Kier molecular flexibility index (Phi) is 138. The largest absolute Gasteiger partial charge is 0.256 e. The van der Waals surface area contributed by atoms with E-state index in [1.54, 1.807) is 107 Å². The van der Waals surface area contributed by atoms with Crippen LogP contribution in [0, 0.1) is 0 Å². The van der Waals surface area contributed by atoms with Crippen molar-refractivity contribution in [2.45, 2.75) is 26.2 Å². The van der Waals surface area contributed by atoms with Crippen molar-refractivity contribution in [3.8, 4) is 22.4 Å². The van der Waals surface area contributed by atoms with E-state index in [-0.39, 0.29) is 5.41 Å². The van der Waals surface area contributed by atoms with Crippen molar-refractivity contribution >= 4 is 926 Å². The topological polar surface area (TPSA) is 12.9 Å². The minimum atomic E-state index is 0.131. The van der Waals surface area contributed by atoms with Crippen LogP contribution >= 0.6 is 15.9 Å². The molecule has 104 heteroatoms. The molecule has 0 bridgehead atoms. The SMILES string of the molecule is CC(C)(C)c1ccnc(-c2ccc(-c3ccccc3Br)cc2)c1.S=S=S=S=S=S=S=S=S=S=S=S=S=S=S=S=S=S=S=S=S=S=S=S=S=S=S=S=S=S=S=S=S=S=S=S=S=S=S=S=S=S=S=S=S=S=S=S=S=S=S=S=S=S=S=S=S=S=S=S=S=S=S=S=S=S=S=S=S=S=S=S=S=S=S=S=S=S=S=S=S=S=S=S=S=S=S=S=S=S=S=S=S=S=S=S=S=S=S=S=S=S. The number of hydrogen-bond acceptors (Lipinski definition) is 3. The van der Waals surface area contributed by atoms with Gasteiger partial charge in [-0.1, -0.05) is 79.2 Å². The third kappa shape index (κ3) is 108. The molecule has 1 nitrogen and oxygen atoms in total. The molecular formula is C21H20BrNS102. The molecule has 0 amide bonds. The molecule has 125 heavy (non-hydrogen) atoms. The first-order valence-electron chi connectivity index (χ1n) is 24.6. The highest BCUT2D eigenvalue weighted by atomic mass is 79.9. The van der Waals surface area contributed by atoms with Crippen molar-refractivity contribution in [1.29, 1.82) is 0 Å². The molecule has 0 radical (unpaired) electrons. The van der Waals surface area contributed by atoms with Gasteiger partial charge in [0, 0.05) is 927 Å². The average molecular weight is 3640 g/mol. The van der Waals surface area contributed by atoms with Gasteiger partial charge in [-0.15, -0.1) is 0 Å². The minimum Gasteiger partial charge on any atom is -0.256 e. The van der Waals surface area contributed by atoms with Gasteiger partial charge in [0.15, 0.2) is 0 Å². The molecule has 0 atom stereocenters. The van der Waals surface area contributed by atoms with Crippen molar-refractivity contribution in [2.75, 3.05) is 0 Å². The van der Waals surface area contributed by atoms with Gasteiger partial charge in [0.2, 0.25) is 0 Å². The van der Waals surface area contributed by atoms with Crippen molar-refractivity contribution in [3.05, 3.63) is 76.9 Å². The van der Waals surface area contributed by atoms with E-state index in [1.165, 1.54) is 34.5 Å². The number of benzene rings is 2. The molecule has 0 saturated heterocycles. The van der Waals surface area contributed by atoms with Crippen LogP contribution in [-0.2, 0) is 916 Å². The summed E-state index contributed by atoms with van der Waals surface area (Å²) in [6.45, 7) is 6.67. The lowest BCUT2D eigenvalue weighted by Gasteiger charge is -2.19. The fourth-order valence-corrected chi connectivity index (χ4v) is 273. The molecule has 1 heterocycles. The molecule has 0 spiro atoms. The van der Waals surface area contributed by atoms with Crippen LogP contribution in [0.5, 0.6) is 0 Å². The van der Waals surface area contributed by atoms with Crippen molar-refractivity contribution in [3.63, 3.8) is 0 Å². The fourth-order valence-electron chi connectivity index (χ4n) is 3.68. The zero-order valence-corrected chi connectivity index (χ0v) is 140. The van der Waals surface area contributed by atoms with E-state index in [1.807, 2.05) is 776 Å². The van der Waals surface area contributed by atoms with Gasteiger partial charge < -0.3 is 0 Å². The van der Waals surface area contributed by atoms with Crippen LogP contribution in [0.2, 0.25) is 0 Å². The summed E-state index contributed by atoms with van der Waals surface area (Å²) in [7, 11) is 181. The molecule has 3 rings (SSSR count). The van der Waals surface area contributed by atoms with Gasteiger partial charge in [-0.2, -0.15) is 0 Å². The van der Waals surface area contributed by atoms with Crippen LogP contribution in [0.15, 0.2) is 71.3 Å². The molecule has 0 aliphatic carbocycles. The van der Waals surface area contributed by atoms with E-state index < -0.39 is 0 Å². The molecule has 728 valence electrons. The van der Waals surface area contributed by atoms with Crippen molar-refractivity contribution in [1.82, 2.24) is 4.98 Å². The number of hydrogen-bond donors (Lipinski definition) is 0. The Morgan fingerprint density at radius 3 is 0.480 bits per heavy atom. The van der Waals surface area contributed by atoms with Gasteiger partial charge in [0.25, 0.3) is 0 Å². The average Bonchev–Trinajstić information content (AvgIpc) is 0.817. The minimum absolute atomic E-state index is 0.131. The summed E-state index contributed by atoms with van der Waals surface area (Å²) in [5, 5.41) is 0. The lowest BCUT2D eigenvalue weighted by Crippen LogP contribution is -2.11. The number of nitrogens with zero attached hydrogens (tertiary/aromatic N) is 1. The molecule has 0 saturated carbocycles. The lowest BCUT2D eigenvalue weighted by molar-refractivity contribution is 0.589. The second-order valence-corrected chi connectivity index (χ2v) is 191. The quantitative estimate of drug-likeness (QED) is 0.303. The number of halogens is 1. The van der Waals surface area contributed by atoms with E-state index in [2.05, 4.69) is 96.3 Å². The fraction of sp³-hybridized carbons (Fsp3) is 0.190. The number of rotatable bonds is 2. The summed E-state index contributed by atoms with van der Waals surface area (Å²) in [4.78, 5) is 4.53. The van der Waals surface area contributed by atoms with Crippen LogP contribution in [0.3, 0.4) is 0 Å². The van der Waals surface area contributed by atoms with Gasteiger partial charge in [-0.3, -0.25) is 4.98 Å². The lowest BCUT2D eigenvalue weighted by atomic mass is 9.87. The monoisotopic (exact) mass is 3630 g/mol. The molecule has 0 N–H and O–H groups in total. The predicted octanol–water partition coefficient (Wildman–Crippen LogP) is 6.23. The molecular weight excluding hydrogens is 3620 g/mol. The van der Waals surface area contributed by atoms with E-state index in [9.17, 15) is 0 Å². The standard InChI is InChI=1S/C21H20BrN.S102/c1-21(2,3)17-12-13-23-20(14-17)16-10-8-15(9-11-16)18-6-4-5-7-19(18)22;1-3-5-7-9-11-13-15-17-19-21-23-25-27-29-31-33-35-37-39-41-43-45-47-49-51-53-55-57-59-61-63-65-67-69-71-73-75-77-79-81-83-85-87-89-91-93-95-97-99-101-102-100-98-96-94-92-90-88-86-84-82-80-78-76-74-72-70-68-66-64-62-60-58-56-54-52-50-48-46-44-42-40-38-36-34-32-30-28-26-24-22-20-18-16-14-12-10-8-6-4-2/h4-14H,1-3H3;. The molecule has 0 unspecified atom stereocenters. The van der Waals surface area contributed by atoms with Crippen LogP contribution in [0.4, 0.5) is 0 Å². The smallest absolute Gasteiger partial charge is 0.0704 e. The molecule has 2 aromatic carbocycles. The van der Waals surface area contributed by atoms with Crippen LogP contribution in [0.1, 0.15) is 26.3 Å². The maximum atomic E-state index is 4.83. The highest BCUT2D eigenvalue weighted by Gasteiger charge is 2.14. The van der Waals surface area contributed by atoms with Gasteiger partial charge in [0.05, 0.1) is 5.69 Å². The number of aromatic nitrogens is 1. The van der Waals surface area contributed by atoms with Crippen LogP contribution in [0.25, 0.3) is 22.4 Å². The summed E-state index contributed by atoms with van der Waals surface area (Å²) in [5.41, 5.74) is 6.01. The Morgan fingerprint density at radius 2 is 0.336 bits per heavy atom. The van der Waals surface area contributed by atoms with Gasteiger partial charge in [-0.25, -0.2) is 0 Å². The van der Waals surface area contributed by atoms with Gasteiger partial charge in [-0.05, 0) is 40.3 Å². The van der Waals surface area contributed by atoms with E-state index >= 15 is 0 Å². The second-order valence-electron chi connectivity index (χ2n) is 13.5. The van der Waals surface area contributed by atoms with Gasteiger partial charge in [0.1, 0.15) is 0 Å². The van der Waals surface area contributed by atoms with Crippen molar-refractivity contribution in [2.24, 2.45) is 0 Å². The second kappa shape index (κ2) is 122. The molecule has 0 aliphatic heterocycles. The maximum absolute atomic E-state index is 4.83. The van der Waals surface area contributed by atoms with E-state index in [4.69, 9.17) is 22.4 Å². The van der Waals surface area contributed by atoms with E-state index in [0.717, 1.165) is 15.7 Å². The van der Waals surface area contributed by atoms with Crippen LogP contribution < -0.4 is 0 Å². The molecule has 3 aromatic rings. The Bertz CT molecular complexity index is 9200. The first-order valence-corrected chi connectivity index (χ1v) is 160. The first-order chi connectivity index (χ1) is 61.9. The third-order valence-corrected chi connectivity index (χ3v) is 227. The van der Waals surface area contributed by atoms with E-state index in [0.29, 0.717) is 0 Å². The summed E-state index contributed by atoms with van der Waals surface area (Å²) >= 11 is 13.3.